The lowest BCUT2D eigenvalue weighted by Crippen LogP contribution is -2.13. The molecule has 2 heterocycles. The first-order valence-electron chi connectivity index (χ1n) is 3.93. The standard InChI is InChI=1S/C8H12O3/c1-6(8-2-3-9-8)10-4-7-5-11-7/h7H,2-5H2,1H3. The van der Waals surface area contributed by atoms with Gasteiger partial charge in [-0.2, -0.15) is 0 Å². The van der Waals surface area contributed by atoms with Crippen LogP contribution in [0.15, 0.2) is 11.5 Å². The minimum absolute atomic E-state index is 0.339. The van der Waals surface area contributed by atoms with Crippen molar-refractivity contribution in [2.75, 3.05) is 19.8 Å². The van der Waals surface area contributed by atoms with Crippen molar-refractivity contribution < 1.29 is 14.2 Å². The number of rotatable bonds is 3. The number of ether oxygens (including phenoxy) is 3. The molecule has 2 rings (SSSR count). The van der Waals surface area contributed by atoms with E-state index in [1.54, 1.807) is 0 Å². The molecular weight excluding hydrogens is 144 g/mol. The van der Waals surface area contributed by atoms with Gasteiger partial charge in [-0.05, 0) is 6.92 Å². The van der Waals surface area contributed by atoms with Crippen LogP contribution in [0, 0.1) is 0 Å². The summed E-state index contributed by atoms with van der Waals surface area (Å²) in [4.78, 5) is 0. The highest BCUT2D eigenvalue weighted by Crippen LogP contribution is 2.21. The summed E-state index contributed by atoms with van der Waals surface area (Å²) in [6, 6.07) is 0. The van der Waals surface area contributed by atoms with Crippen LogP contribution in [0.4, 0.5) is 0 Å². The van der Waals surface area contributed by atoms with Gasteiger partial charge in [-0.15, -0.1) is 0 Å². The predicted octanol–water partition coefficient (Wildman–Crippen LogP) is 1.05. The van der Waals surface area contributed by atoms with E-state index in [4.69, 9.17) is 14.2 Å². The summed E-state index contributed by atoms with van der Waals surface area (Å²) in [5.41, 5.74) is 0. The molecule has 3 heteroatoms. The van der Waals surface area contributed by atoms with Gasteiger partial charge in [0.2, 0.25) is 0 Å². The largest absolute Gasteiger partial charge is 0.494 e. The van der Waals surface area contributed by atoms with Gasteiger partial charge < -0.3 is 14.2 Å². The molecule has 0 aromatic rings. The molecule has 0 spiro atoms. The molecule has 0 N–H and O–H groups in total. The Kier molecular flexibility index (Phi) is 1.74. The van der Waals surface area contributed by atoms with E-state index in [0.29, 0.717) is 12.7 Å². The van der Waals surface area contributed by atoms with Gasteiger partial charge in [0.1, 0.15) is 24.2 Å². The van der Waals surface area contributed by atoms with E-state index in [9.17, 15) is 0 Å². The molecule has 0 aliphatic carbocycles. The third-order valence-corrected chi connectivity index (χ3v) is 1.89. The Morgan fingerprint density at radius 3 is 2.91 bits per heavy atom. The Balaban J connectivity index is 1.74. The smallest absolute Gasteiger partial charge is 0.137 e. The molecule has 0 aromatic carbocycles. The van der Waals surface area contributed by atoms with E-state index in [1.807, 2.05) is 6.92 Å². The Morgan fingerprint density at radius 1 is 1.73 bits per heavy atom. The van der Waals surface area contributed by atoms with Gasteiger partial charge in [-0.25, -0.2) is 0 Å². The second-order valence-corrected chi connectivity index (χ2v) is 2.84. The van der Waals surface area contributed by atoms with Crippen molar-refractivity contribution in [3.05, 3.63) is 11.5 Å². The molecule has 62 valence electrons. The Morgan fingerprint density at radius 2 is 2.45 bits per heavy atom. The lowest BCUT2D eigenvalue weighted by atomic mass is 10.2. The lowest BCUT2D eigenvalue weighted by molar-refractivity contribution is 0.0814. The average Bonchev–Trinajstić information content (AvgIpc) is 2.61. The summed E-state index contributed by atoms with van der Waals surface area (Å²) >= 11 is 0. The topological polar surface area (TPSA) is 31.0 Å². The number of hydrogen-bond acceptors (Lipinski definition) is 3. The van der Waals surface area contributed by atoms with Crippen LogP contribution in [0.3, 0.4) is 0 Å². The molecular formula is C8H12O3. The van der Waals surface area contributed by atoms with Crippen LogP contribution in [0.1, 0.15) is 13.3 Å². The maximum absolute atomic E-state index is 5.40. The summed E-state index contributed by atoms with van der Waals surface area (Å²) in [5, 5.41) is 0. The van der Waals surface area contributed by atoms with E-state index < -0.39 is 0 Å². The number of hydrogen-bond donors (Lipinski definition) is 0. The fourth-order valence-electron chi connectivity index (χ4n) is 0.944. The van der Waals surface area contributed by atoms with E-state index >= 15 is 0 Å². The van der Waals surface area contributed by atoms with Crippen LogP contribution in [-0.2, 0) is 14.2 Å². The minimum atomic E-state index is 0.339. The zero-order valence-electron chi connectivity index (χ0n) is 6.63. The highest BCUT2D eigenvalue weighted by Gasteiger charge is 2.24. The van der Waals surface area contributed by atoms with Crippen molar-refractivity contribution in [2.45, 2.75) is 19.4 Å². The molecule has 0 aromatic heterocycles. The second-order valence-electron chi connectivity index (χ2n) is 2.84. The van der Waals surface area contributed by atoms with Crippen LogP contribution in [-0.4, -0.2) is 25.9 Å². The predicted molar refractivity (Wildman–Crippen MR) is 39.0 cm³/mol. The normalized spacial score (nSPS) is 31.9. The quantitative estimate of drug-likeness (QED) is 0.452. The zero-order chi connectivity index (χ0) is 7.68. The maximum atomic E-state index is 5.40. The fraction of sp³-hybridized carbons (Fsp3) is 0.750. The SMILES string of the molecule is CC(OCC1CO1)=C1CCO1. The van der Waals surface area contributed by atoms with Gasteiger partial charge in [0.25, 0.3) is 0 Å². The van der Waals surface area contributed by atoms with E-state index in [1.165, 1.54) is 0 Å². The van der Waals surface area contributed by atoms with Crippen LogP contribution in [0.25, 0.3) is 0 Å². The van der Waals surface area contributed by atoms with Gasteiger partial charge >= 0.3 is 0 Å². The summed E-state index contributed by atoms with van der Waals surface area (Å²) in [6.07, 6.45) is 1.36. The lowest BCUT2D eigenvalue weighted by Gasteiger charge is -2.21. The minimum Gasteiger partial charge on any atom is -0.494 e. The summed E-state index contributed by atoms with van der Waals surface area (Å²) in [5.74, 6) is 1.93. The van der Waals surface area contributed by atoms with Crippen LogP contribution in [0.5, 0.6) is 0 Å². The molecule has 11 heavy (non-hydrogen) atoms. The highest BCUT2D eigenvalue weighted by atomic mass is 16.6. The molecule has 3 nitrogen and oxygen atoms in total. The van der Waals surface area contributed by atoms with Gasteiger partial charge in [0.05, 0.1) is 13.2 Å². The second kappa shape index (κ2) is 2.74. The summed E-state index contributed by atoms with van der Waals surface area (Å²) < 4.78 is 15.6. The number of allylic oxidation sites excluding steroid dienone is 1. The van der Waals surface area contributed by atoms with Gasteiger partial charge in [0.15, 0.2) is 0 Å². The van der Waals surface area contributed by atoms with Crippen molar-refractivity contribution in [3.63, 3.8) is 0 Å². The van der Waals surface area contributed by atoms with Crippen LogP contribution in [0.2, 0.25) is 0 Å². The summed E-state index contributed by atoms with van der Waals surface area (Å²) in [7, 11) is 0. The van der Waals surface area contributed by atoms with E-state index in [2.05, 4.69) is 0 Å². The number of epoxide rings is 1. The Bertz CT molecular complexity index is 176. The molecule has 1 unspecified atom stereocenters. The monoisotopic (exact) mass is 156 g/mol. The van der Waals surface area contributed by atoms with E-state index in [-0.39, 0.29) is 0 Å². The molecule has 0 bridgehead atoms. The molecule has 0 radical (unpaired) electrons. The fourth-order valence-corrected chi connectivity index (χ4v) is 0.944. The first kappa shape index (κ1) is 6.98. The van der Waals surface area contributed by atoms with Crippen molar-refractivity contribution in [2.24, 2.45) is 0 Å². The summed E-state index contributed by atoms with van der Waals surface area (Å²) in [6.45, 7) is 4.31. The average molecular weight is 156 g/mol. The van der Waals surface area contributed by atoms with Crippen LogP contribution >= 0.6 is 0 Å². The van der Waals surface area contributed by atoms with Crippen LogP contribution < -0.4 is 0 Å². The van der Waals surface area contributed by atoms with Gasteiger partial charge in [0, 0.05) is 6.42 Å². The third-order valence-electron chi connectivity index (χ3n) is 1.89. The first-order chi connectivity index (χ1) is 5.36. The maximum Gasteiger partial charge on any atom is 0.137 e. The van der Waals surface area contributed by atoms with Gasteiger partial charge in [-0.3, -0.25) is 0 Å². The van der Waals surface area contributed by atoms with Crippen molar-refractivity contribution in [1.82, 2.24) is 0 Å². The van der Waals surface area contributed by atoms with Gasteiger partial charge in [-0.1, -0.05) is 0 Å². The molecule has 2 aliphatic heterocycles. The zero-order valence-corrected chi connectivity index (χ0v) is 6.63. The third kappa shape index (κ3) is 1.66. The Labute approximate surface area is 65.9 Å². The molecule has 2 fully saturated rings. The molecule has 2 saturated heterocycles. The molecule has 0 amide bonds. The van der Waals surface area contributed by atoms with Crippen molar-refractivity contribution in [1.29, 1.82) is 0 Å². The first-order valence-corrected chi connectivity index (χ1v) is 3.93. The Hall–Kier alpha value is -0.700. The highest BCUT2D eigenvalue weighted by molar-refractivity contribution is 5.04. The van der Waals surface area contributed by atoms with Crippen molar-refractivity contribution >= 4 is 0 Å². The molecule has 1 atom stereocenters. The van der Waals surface area contributed by atoms with Crippen molar-refractivity contribution in [3.8, 4) is 0 Å². The molecule has 2 aliphatic rings. The van der Waals surface area contributed by atoms with E-state index in [0.717, 1.165) is 31.2 Å². The molecule has 0 saturated carbocycles.